The van der Waals surface area contributed by atoms with Gasteiger partial charge in [-0.05, 0) is 79.4 Å². The van der Waals surface area contributed by atoms with Crippen LogP contribution in [0.2, 0.25) is 0 Å². The molecule has 0 spiro atoms. The molecular formula is C60H42N2Si. The van der Waals surface area contributed by atoms with Gasteiger partial charge in [0, 0.05) is 27.2 Å². The standard InChI is InChI=1S/C60H42N2Si/c1-6-22-43(23-7-1)45-26-20-27-47(40-45)61-55-37-18-16-34-51(55)53-36-21-39-57(59(53)61)62-56-38-19-17-35-52(56)54-41-46(44-24-8-2-9-25-44)42-58(60(54)62)63(48-28-10-3-11-29-48,49-30-12-4-13-31-49)50-32-14-5-15-33-50/h1-42H. The molecule has 2 nitrogen and oxygen atoms in total. The molecule has 2 aromatic heterocycles. The summed E-state index contributed by atoms with van der Waals surface area (Å²) in [6, 6.07) is 94.5. The zero-order valence-electron chi connectivity index (χ0n) is 34.6. The number of hydrogen-bond acceptors (Lipinski definition) is 0. The molecule has 0 unspecified atom stereocenters. The predicted octanol–water partition coefficient (Wildman–Crippen LogP) is 12.6. The minimum Gasteiger partial charge on any atom is -0.307 e. The molecule has 0 aliphatic rings. The van der Waals surface area contributed by atoms with E-state index in [-0.39, 0.29) is 0 Å². The zero-order valence-corrected chi connectivity index (χ0v) is 35.6. The minimum atomic E-state index is -3.11. The van der Waals surface area contributed by atoms with E-state index in [9.17, 15) is 0 Å². The number of benzene rings is 10. The van der Waals surface area contributed by atoms with Crippen LogP contribution < -0.4 is 20.7 Å². The van der Waals surface area contributed by atoms with Crippen LogP contribution in [-0.4, -0.2) is 17.2 Å². The van der Waals surface area contributed by atoms with Gasteiger partial charge < -0.3 is 9.13 Å². The lowest BCUT2D eigenvalue weighted by Crippen LogP contribution is -2.75. The molecule has 0 radical (unpaired) electrons. The molecule has 63 heavy (non-hydrogen) atoms. The Balaban J connectivity index is 1.29. The molecule has 3 heteroatoms. The van der Waals surface area contributed by atoms with Gasteiger partial charge in [0.1, 0.15) is 0 Å². The van der Waals surface area contributed by atoms with E-state index in [4.69, 9.17) is 0 Å². The molecule has 12 rings (SSSR count). The molecule has 0 amide bonds. The third-order valence-electron chi connectivity index (χ3n) is 13.0. The number of para-hydroxylation sites is 3. The fraction of sp³-hybridized carbons (Fsp3) is 0. The molecule has 0 bridgehead atoms. The molecular weight excluding hydrogens is 777 g/mol. The van der Waals surface area contributed by atoms with Crippen molar-refractivity contribution in [2.75, 3.05) is 0 Å². The molecule has 296 valence electrons. The van der Waals surface area contributed by atoms with Crippen molar-refractivity contribution in [2.24, 2.45) is 0 Å². The Morgan fingerprint density at radius 1 is 0.270 bits per heavy atom. The molecule has 0 aliphatic heterocycles. The second-order valence-corrected chi connectivity index (χ2v) is 20.2. The Morgan fingerprint density at radius 3 is 1.30 bits per heavy atom. The van der Waals surface area contributed by atoms with Crippen molar-refractivity contribution in [3.8, 4) is 33.6 Å². The summed E-state index contributed by atoms with van der Waals surface area (Å²) in [5.41, 5.74) is 11.9. The number of hydrogen-bond donors (Lipinski definition) is 0. The third kappa shape index (κ3) is 5.85. The van der Waals surface area contributed by atoms with E-state index in [2.05, 4.69) is 264 Å². The summed E-state index contributed by atoms with van der Waals surface area (Å²) in [4.78, 5) is 0. The first kappa shape index (κ1) is 36.8. The van der Waals surface area contributed by atoms with Crippen LogP contribution in [-0.2, 0) is 0 Å². The summed E-state index contributed by atoms with van der Waals surface area (Å²) in [6.07, 6.45) is 0. The average Bonchev–Trinajstić information content (AvgIpc) is 3.89. The van der Waals surface area contributed by atoms with Crippen molar-refractivity contribution in [3.05, 3.63) is 255 Å². The van der Waals surface area contributed by atoms with Crippen molar-refractivity contribution in [1.82, 2.24) is 9.13 Å². The lowest BCUT2D eigenvalue weighted by atomic mass is 10.0. The van der Waals surface area contributed by atoms with Gasteiger partial charge in [-0.3, -0.25) is 0 Å². The van der Waals surface area contributed by atoms with Gasteiger partial charge in [-0.2, -0.15) is 0 Å². The van der Waals surface area contributed by atoms with E-state index in [1.165, 1.54) is 86.6 Å². The quantitative estimate of drug-likeness (QED) is 0.107. The van der Waals surface area contributed by atoms with Crippen LogP contribution in [0, 0.1) is 0 Å². The van der Waals surface area contributed by atoms with Crippen LogP contribution in [0.1, 0.15) is 0 Å². The highest BCUT2D eigenvalue weighted by Gasteiger charge is 2.44. The summed E-state index contributed by atoms with van der Waals surface area (Å²) in [7, 11) is -3.11. The van der Waals surface area contributed by atoms with Crippen LogP contribution in [0.25, 0.3) is 77.2 Å². The maximum Gasteiger partial charge on any atom is 0.181 e. The van der Waals surface area contributed by atoms with Gasteiger partial charge in [0.15, 0.2) is 8.07 Å². The zero-order chi connectivity index (χ0) is 41.7. The summed E-state index contributed by atoms with van der Waals surface area (Å²) in [5, 5.41) is 10.3. The molecule has 10 aromatic carbocycles. The topological polar surface area (TPSA) is 9.86 Å². The first-order valence-electron chi connectivity index (χ1n) is 21.8. The van der Waals surface area contributed by atoms with Gasteiger partial charge in [-0.15, -0.1) is 0 Å². The molecule has 0 fully saturated rings. The van der Waals surface area contributed by atoms with Gasteiger partial charge >= 0.3 is 0 Å². The molecule has 0 atom stereocenters. The van der Waals surface area contributed by atoms with Crippen molar-refractivity contribution in [3.63, 3.8) is 0 Å². The van der Waals surface area contributed by atoms with Gasteiger partial charge in [-0.1, -0.05) is 218 Å². The van der Waals surface area contributed by atoms with E-state index in [0.29, 0.717) is 0 Å². The minimum absolute atomic E-state index is 1.13. The van der Waals surface area contributed by atoms with E-state index in [1.807, 2.05) is 0 Å². The van der Waals surface area contributed by atoms with Gasteiger partial charge in [0.25, 0.3) is 0 Å². The van der Waals surface area contributed by atoms with E-state index >= 15 is 0 Å². The Kier molecular flexibility index (Phi) is 8.87. The van der Waals surface area contributed by atoms with Gasteiger partial charge in [0.2, 0.25) is 0 Å². The normalized spacial score (nSPS) is 11.8. The largest absolute Gasteiger partial charge is 0.307 e. The Hall–Kier alpha value is -7.98. The van der Waals surface area contributed by atoms with E-state index < -0.39 is 8.07 Å². The second-order valence-electron chi connectivity index (χ2n) is 16.4. The number of fused-ring (bicyclic) bond motifs is 6. The van der Waals surface area contributed by atoms with E-state index in [1.54, 1.807) is 0 Å². The Bertz CT molecular complexity index is 3500. The monoisotopic (exact) mass is 818 g/mol. The van der Waals surface area contributed by atoms with Crippen LogP contribution >= 0.6 is 0 Å². The number of aromatic nitrogens is 2. The number of rotatable bonds is 8. The summed E-state index contributed by atoms with van der Waals surface area (Å²) in [6.45, 7) is 0. The van der Waals surface area contributed by atoms with Crippen LogP contribution in [0.3, 0.4) is 0 Å². The highest BCUT2D eigenvalue weighted by molar-refractivity contribution is 7.20. The molecule has 0 N–H and O–H groups in total. The second kappa shape index (κ2) is 15.2. The summed E-state index contributed by atoms with van der Waals surface area (Å²) >= 11 is 0. The highest BCUT2D eigenvalue weighted by atomic mass is 28.3. The lowest BCUT2D eigenvalue weighted by Gasteiger charge is -2.35. The molecule has 2 heterocycles. The maximum atomic E-state index is 2.62. The fourth-order valence-corrected chi connectivity index (χ4v) is 15.4. The maximum absolute atomic E-state index is 3.11. The SMILES string of the molecule is c1ccc(-c2cccc(-n3c4ccccc4c4cccc(-n5c6ccccc6c6cc(-c7ccccc7)cc([Si](c7ccccc7)(c7ccccc7)c7ccccc7)c65)c43)c2)cc1. The Labute approximate surface area is 368 Å². The fourth-order valence-electron chi connectivity index (χ4n) is 10.4. The van der Waals surface area contributed by atoms with Gasteiger partial charge in [0.05, 0.1) is 27.8 Å². The van der Waals surface area contributed by atoms with Crippen molar-refractivity contribution in [1.29, 1.82) is 0 Å². The molecule has 12 aromatic rings. The van der Waals surface area contributed by atoms with Crippen molar-refractivity contribution < 1.29 is 0 Å². The first-order chi connectivity index (χ1) is 31.3. The smallest absolute Gasteiger partial charge is 0.181 e. The van der Waals surface area contributed by atoms with Crippen molar-refractivity contribution >= 4 is 72.4 Å². The molecule has 0 saturated carbocycles. The van der Waals surface area contributed by atoms with E-state index in [0.717, 1.165) is 11.4 Å². The summed E-state index contributed by atoms with van der Waals surface area (Å²) < 4.78 is 5.12. The van der Waals surface area contributed by atoms with Crippen molar-refractivity contribution in [2.45, 2.75) is 0 Å². The lowest BCUT2D eigenvalue weighted by molar-refractivity contribution is 1.13. The highest BCUT2D eigenvalue weighted by Crippen LogP contribution is 2.41. The Morgan fingerprint density at radius 2 is 0.714 bits per heavy atom. The third-order valence-corrected chi connectivity index (χ3v) is 17.8. The number of nitrogens with zero attached hydrogens (tertiary/aromatic N) is 2. The predicted molar refractivity (Wildman–Crippen MR) is 270 cm³/mol. The van der Waals surface area contributed by atoms with Crippen LogP contribution in [0.5, 0.6) is 0 Å². The molecule has 0 aliphatic carbocycles. The summed E-state index contributed by atoms with van der Waals surface area (Å²) in [5.74, 6) is 0. The van der Waals surface area contributed by atoms with Gasteiger partial charge in [-0.25, -0.2) is 0 Å². The first-order valence-corrected chi connectivity index (χ1v) is 23.8. The molecule has 0 saturated heterocycles. The average molecular weight is 819 g/mol. The van der Waals surface area contributed by atoms with Crippen LogP contribution in [0.15, 0.2) is 255 Å². The van der Waals surface area contributed by atoms with Crippen LogP contribution in [0.4, 0.5) is 0 Å².